The first-order valence-corrected chi connectivity index (χ1v) is 7.05. The van der Waals surface area contributed by atoms with Crippen molar-refractivity contribution in [1.29, 1.82) is 0 Å². The Kier molecular flexibility index (Phi) is 4.40. The van der Waals surface area contributed by atoms with Crippen LogP contribution >= 0.6 is 0 Å². The van der Waals surface area contributed by atoms with E-state index in [1.54, 1.807) is 6.20 Å². The molecule has 0 spiro atoms. The number of amides is 1. The first-order chi connectivity index (χ1) is 9.38. The molecule has 0 aromatic carbocycles. The van der Waals surface area contributed by atoms with Gasteiger partial charge in [0.1, 0.15) is 5.82 Å². The molecule has 3 N–H and O–H groups in total. The number of aliphatic hydroxyl groups excluding tert-OH is 1. The summed E-state index contributed by atoms with van der Waals surface area (Å²) in [4.78, 5) is 16.3. The van der Waals surface area contributed by atoms with Crippen molar-refractivity contribution in [3.8, 4) is 0 Å². The van der Waals surface area contributed by atoms with Gasteiger partial charge in [-0.1, -0.05) is 26.8 Å². The largest absolute Gasteiger partial charge is 0.392 e. The third kappa shape index (κ3) is 3.55. The maximum absolute atomic E-state index is 12.0. The van der Waals surface area contributed by atoms with Crippen molar-refractivity contribution in [3.63, 3.8) is 0 Å². The van der Waals surface area contributed by atoms with Gasteiger partial charge in [-0.3, -0.25) is 4.79 Å². The molecule has 0 radical (unpaired) electrons. The van der Waals surface area contributed by atoms with Crippen molar-refractivity contribution >= 4 is 11.7 Å². The van der Waals surface area contributed by atoms with Crippen LogP contribution in [0.3, 0.4) is 0 Å². The van der Waals surface area contributed by atoms with Crippen LogP contribution in [0.5, 0.6) is 0 Å². The fourth-order valence-electron chi connectivity index (χ4n) is 1.95. The molecule has 1 heterocycles. The van der Waals surface area contributed by atoms with E-state index in [9.17, 15) is 9.90 Å². The van der Waals surface area contributed by atoms with E-state index in [4.69, 9.17) is 0 Å². The van der Waals surface area contributed by atoms with E-state index in [1.165, 1.54) is 0 Å². The molecule has 1 fully saturated rings. The number of hydrogen-bond acceptors (Lipinski definition) is 4. The molecule has 1 aromatic rings. The Balaban J connectivity index is 2.00. The van der Waals surface area contributed by atoms with E-state index in [0.717, 1.165) is 18.4 Å². The zero-order valence-electron chi connectivity index (χ0n) is 12.3. The number of nitrogens with one attached hydrogen (secondary N) is 2. The van der Waals surface area contributed by atoms with Gasteiger partial charge < -0.3 is 15.7 Å². The Bertz CT molecular complexity index is 482. The number of carbonyl (C=O) groups is 1. The zero-order chi connectivity index (χ0) is 14.8. The predicted molar refractivity (Wildman–Crippen MR) is 78.2 cm³/mol. The Morgan fingerprint density at radius 3 is 2.75 bits per heavy atom. The van der Waals surface area contributed by atoms with Crippen LogP contribution in [-0.2, 0) is 11.3 Å². The van der Waals surface area contributed by atoms with Crippen molar-refractivity contribution in [2.75, 3.05) is 5.32 Å². The van der Waals surface area contributed by atoms with Crippen LogP contribution in [0.4, 0.5) is 5.82 Å². The summed E-state index contributed by atoms with van der Waals surface area (Å²) in [6.07, 6.45) is 3.27. The quantitative estimate of drug-likeness (QED) is 0.783. The minimum absolute atomic E-state index is 0.0545. The van der Waals surface area contributed by atoms with Gasteiger partial charge in [-0.2, -0.15) is 0 Å². The van der Waals surface area contributed by atoms with E-state index in [1.807, 2.05) is 32.9 Å². The van der Waals surface area contributed by atoms with Gasteiger partial charge in [-0.05, 0) is 18.9 Å². The van der Waals surface area contributed by atoms with Crippen molar-refractivity contribution in [2.24, 2.45) is 5.41 Å². The number of rotatable bonds is 4. The molecular formula is C15H23N3O2. The van der Waals surface area contributed by atoms with Gasteiger partial charge in [0.15, 0.2) is 0 Å². The Labute approximate surface area is 119 Å². The minimum atomic E-state index is -0.452. The zero-order valence-corrected chi connectivity index (χ0v) is 12.3. The number of nitrogens with zero attached hydrogens (tertiary/aromatic N) is 1. The van der Waals surface area contributed by atoms with Gasteiger partial charge in [0.2, 0.25) is 5.91 Å². The summed E-state index contributed by atoms with van der Waals surface area (Å²) < 4.78 is 0. The lowest BCUT2D eigenvalue weighted by atomic mass is 9.89. The summed E-state index contributed by atoms with van der Waals surface area (Å²) in [5.74, 6) is 0.537. The summed E-state index contributed by atoms with van der Waals surface area (Å²) in [7, 11) is 0. The first-order valence-electron chi connectivity index (χ1n) is 7.05. The van der Waals surface area contributed by atoms with Gasteiger partial charge in [-0.25, -0.2) is 4.98 Å². The molecular weight excluding hydrogens is 254 g/mol. The number of anilines is 1. The lowest BCUT2D eigenvalue weighted by molar-refractivity contribution is -0.123. The number of pyridine rings is 1. The summed E-state index contributed by atoms with van der Waals surface area (Å²) in [5, 5.41) is 15.7. The van der Waals surface area contributed by atoms with Gasteiger partial charge in [0.25, 0.3) is 0 Å². The number of hydrogen-bond donors (Lipinski definition) is 3. The highest BCUT2D eigenvalue weighted by Gasteiger charge is 2.28. The molecule has 1 aliphatic rings. The summed E-state index contributed by atoms with van der Waals surface area (Å²) in [5.41, 5.74) is 0.482. The molecule has 1 saturated carbocycles. The second-order valence-corrected chi connectivity index (χ2v) is 6.35. The minimum Gasteiger partial charge on any atom is -0.392 e. The predicted octanol–water partition coefficient (Wildman–Crippen LogP) is 1.68. The standard InChI is InChI=1S/C15H23N3O2/c1-15(2,3)14(20)18-13-10(5-4-8-16-13)9-17-11-6-7-12(11)19/h4-5,8,11-12,17,19H,6-7,9H2,1-3H3,(H,16,18,20)/t11-,12-/m1/s1. The molecule has 0 bridgehead atoms. The van der Waals surface area contributed by atoms with E-state index in [2.05, 4.69) is 15.6 Å². The van der Waals surface area contributed by atoms with Crippen LogP contribution in [0.25, 0.3) is 0 Å². The second-order valence-electron chi connectivity index (χ2n) is 6.35. The lowest BCUT2D eigenvalue weighted by Crippen LogP contribution is -2.47. The van der Waals surface area contributed by atoms with E-state index < -0.39 is 5.41 Å². The fourth-order valence-corrected chi connectivity index (χ4v) is 1.95. The molecule has 1 amide bonds. The van der Waals surface area contributed by atoms with Crippen molar-refractivity contribution < 1.29 is 9.90 Å². The Hall–Kier alpha value is -1.46. The molecule has 0 unspecified atom stereocenters. The Morgan fingerprint density at radius 1 is 1.45 bits per heavy atom. The van der Waals surface area contributed by atoms with E-state index in [0.29, 0.717) is 12.4 Å². The van der Waals surface area contributed by atoms with Crippen molar-refractivity contribution in [3.05, 3.63) is 23.9 Å². The van der Waals surface area contributed by atoms with Crippen LogP contribution in [-0.4, -0.2) is 28.1 Å². The van der Waals surface area contributed by atoms with Gasteiger partial charge >= 0.3 is 0 Å². The second kappa shape index (κ2) is 5.89. The molecule has 0 saturated heterocycles. The lowest BCUT2D eigenvalue weighted by Gasteiger charge is -2.33. The average Bonchev–Trinajstić information content (AvgIpc) is 2.38. The molecule has 0 aliphatic heterocycles. The monoisotopic (exact) mass is 277 g/mol. The highest BCUT2D eigenvalue weighted by Crippen LogP contribution is 2.22. The van der Waals surface area contributed by atoms with E-state index in [-0.39, 0.29) is 18.1 Å². The molecule has 2 rings (SSSR count). The average molecular weight is 277 g/mol. The molecule has 2 atom stereocenters. The normalized spacial score (nSPS) is 22.2. The summed E-state index contributed by atoms with van der Waals surface area (Å²) in [6, 6.07) is 3.94. The van der Waals surface area contributed by atoms with Crippen molar-refractivity contribution in [2.45, 2.75) is 52.3 Å². The molecule has 20 heavy (non-hydrogen) atoms. The first kappa shape index (κ1) is 14.9. The third-order valence-corrected chi connectivity index (χ3v) is 3.60. The van der Waals surface area contributed by atoms with Gasteiger partial charge in [0.05, 0.1) is 6.10 Å². The SMILES string of the molecule is CC(C)(C)C(=O)Nc1ncccc1CN[C@@H]1CC[C@H]1O. The van der Waals surface area contributed by atoms with Crippen LogP contribution in [0.2, 0.25) is 0 Å². The van der Waals surface area contributed by atoms with Crippen LogP contribution in [0.1, 0.15) is 39.2 Å². The van der Waals surface area contributed by atoms with Gasteiger partial charge in [-0.15, -0.1) is 0 Å². The van der Waals surface area contributed by atoms with Crippen LogP contribution in [0.15, 0.2) is 18.3 Å². The molecule has 110 valence electrons. The summed E-state index contributed by atoms with van der Waals surface area (Å²) in [6.45, 7) is 6.20. The molecule has 1 aliphatic carbocycles. The van der Waals surface area contributed by atoms with Gasteiger partial charge in [0, 0.05) is 29.8 Å². The Morgan fingerprint density at radius 2 is 2.20 bits per heavy atom. The fraction of sp³-hybridized carbons (Fsp3) is 0.600. The number of aromatic nitrogens is 1. The van der Waals surface area contributed by atoms with Crippen LogP contribution < -0.4 is 10.6 Å². The highest BCUT2D eigenvalue weighted by atomic mass is 16.3. The molecule has 1 aromatic heterocycles. The maximum atomic E-state index is 12.0. The third-order valence-electron chi connectivity index (χ3n) is 3.60. The van der Waals surface area contributed by atoms with E-state index >= 15 is 0 Å². The van der Waals surface area contributed by atoms with Crippen LogP contribution in [0, 0.1) is 5.41 Å². The number of carbonyl (C=O) groups excluding carboxylic acids is 1. The number of aliphatic hydroxyl groups is 1. The van der Waals surface area contributed by atoms with Crippen molar-refractivity contribution in [1.82, 2.24) is 10.3 Å². The molecule has 5 nitrogen and oxygen atoms in total. The smallest absolute Gasteiger partial charge is 0.230 e. The molecule has 5 heteroatoms. The maximum Gasteiger partial charge on any atom is 0.230 e. The topological polar surface area (TPSA) is 74.2 Å². The summed E-state index contributed by atoms with van der Waals surface area (Å²) >= 11 is 0. The highest BCUT2D eigenvalue weighted by molar-refractivity contribution is 5.94.